The van der Waals surface area contributed by atoms with Crippen LogP contribution in [0.5, 0.6) is 0 Å². The Morgan fingerprint density at radius 3 is 2.50 bits per heavy atom. The molecule has 12 heteroatoms. The Morgan fingerprint density at radius 1 is 0.917 bits per heavy atom. The van der Waals surface area contributed by atoms with E-state index in [9.17, 15) is 24.3 Å². The molecule has 6 rings (SSSR count). The molecule has 0 unspecified atom stereocenters. The number of fused-ring (bicyclic) bond motifs is 2. The smallest absolute Gasteiger partial charge is 0.306 e. The third-order valence-corrected chi connectivity index (χ3v) is 10.3. The number of cyclic esters (lactones) is 1. The summed E-state index contributed by atoms with van der Waals surface area (Å²) in [5.74, 6) is -2.94. The van der Waals surface area contributed by atoms with Crippen molar-refractivity contribution in [3.05, 3.63) is 60.2 Å². The average molecular weight is 665 g/mol. The molecule has 260 valence electrons. The van der Waals surface area contributed by atoms with E-state index in [2.05, 4.69) is 10.2 Å². The van der Waals surface area contributed by atoms with Gasteiger partial charge in [-0.2, -0.15) is 0 Å². The maximum atomic E-state index is 14.8. The number of carbonyl (C=O) groups excluding carboxylic acids is 4. The average Bonchev–Trinajstić information content (AvgIpc) is 3.75. The number of likely N-dealkylation sites (tertiary alicyclic amines) is 1. The van der Waals surface area contributed by atoms with E-state index in [1.54, 1.807) is 9.80 Å². The lowest BCUT2D eigenvalue weighted by atomic mass is 9.74. The van der Waals surface area contributed by atoms with Crippen molar-refractivity contribution < 1.29 is 38.5 Å². The molecule has 1 aromatic rings. The zero-order chi connectivity index (χ0) is 33.5. The minimum atomic E-state index is -1.27. The van der Waals surface area contributed by atoms with Gasteiger partial charge in [0.15, 0.2) is 0 Å². The summed E-state index contributed by atoms with van der Waals surface area (Å²) in [5, 5.41) is 12.3. The molecule has 5 bridgehead atoms. The van der Waals surface area contributed by atoms with Gasteiger partial charge >= 0.3 is 5.97 Å². The highest BCUT2D eigenvalue weighted by molar-refractivity contribution is 6.00. The van der Waals surface area contributed by atoms with Gasteiger partial charge < -0.3 is 34.4 Å². The molecule has 1 spiro atoms. The fourth-order valence-corrected chi connectivity index (χ4v) is 7.73. The summed E-state index contributed by atoms with van der Waals surface area (Å²) in [6.45, 7) is 4.66. The standard InChI is InChI=1S/C36H48N4O8/c41-22-10-2-1-9-17-40-32-35(45)39(19-18-38-20-23-46-24-21-38)16-8-4-7-13-29(42)47-25-27(26-11-5-3-6-12-26)37-33(43)30-28-14-15-36(32,48-28)31(30)34(40)44/h3-6,8,11-12,14-15,27-28,30-32,41H,1-2,7,9-10,13,16-25H2,(H,37,43)/b8-4-/t27-,28-,30+,31+,32-,36+/m0/s1. The highest BCUT2D eigenvalue weighted by atomic mass is 16.5. The van der Waals surface area contributed by atoms with Crippen LogP contribution in [0.3, 0.4) is 0 Å². The quantitative estimate of drug-likeness (QED) is 0.217. The van der Waals surface area contributed by atoms with Gasteiger partial charge in [-0.15, -0.1) is 0 Å². The van der Waals surface area contributed by atoms with E-state index in [0.29, 0.717) is 58.7 Å². The maximum Gasteiger partial charge on any atom is 0.306 e. The molecule has 1 aromatic carbocycles. The first-order valence-electron chi connectivity index (χ1n) is 17.5. The van der Waals surface area contributed by atoms with Gasteiger partial charge in [-0.1, -0.05) is 67.5 Å². The Bertz CT molecular complexity index is 1360. The Morgan fingerprint density at radius 2 is 1.71 bits per heavy atom. The van der Waals surface area contributed by atoms with Gasteiger partial charge in [0.1, 0.15) is 18.2 Å². The SMILES string of the molecule is O=C1CC/C=C\CN(CCN2CCOCC2)C(=O)[C@@H]2N(CCCCCCO)C(=O)[C@H]3[C@H](C(=O)N[C@H](c4ccccc4)CO1)[C@@H]1C=C[C@]23O1. The molecule has 48 heavy (non-hydrogen) atoms. The number of benzene rings is 1. The van der Waals surface area contributed by atoms with Gasteiger partial charge in [-0.3, -0.25) is 24.1 Å². The van der Waals surface area contributed by atoms with E-state index in [4.69, 9.17) is 14.2 Å². The highest BCUT2D eigenvalue weighted by Crippen LogP contribution is 2.55. The zero-order valence-corrected chi connectivity index (χ0v) is 27.5. The van der Waals surface area contributed by atoms with Crippen molar-refractivity contribution in [1.29, 1.82) is 0 Å². The van der Waals surface area contributed by atoms with Crippen molar-refractivity contribution in [3.63, 3.8) is 0 Å². The molecule has 0 aromatic heterocycles. The molecule has 2 N–H and O–H groups in total. The van der Waals surface area contributed by atoms with Gasteiger partial charge in [0.05, 0.1) is 37.2 Å². The molecule has 5 aliphatic rings. The predicted molar refractivity (Wildman–Crippen MR) is 175 cm³/mol. The molecule has 6 atom stereocenters. The Kier molecular flexibility index (Phi) is 11.3. The summed E-state index contributed by atoms with van der Waals surface area (Å²) < 4.78 is 17.7. The number of carbonyl (C=O) groups is 4. The second kappa shape index (κ2) is 15.8. The number of nitrogens with zero attached hydrogens (tertiary/aromatic N) is 3. The van der Waals surface area contributed by atoms with Gasteiger partial charge in [0.25, 0.3) is 0 Å². The molecule has 0 saturated carbocycles. The molecular weight excluding hydrogens is 616 g/mol. The van der Waals surface area contributed by atoms with Crippen molar-refractivity contribution in [2.24, 2.45) is 11.8 Å². The number of aliphatic hydroxyl groups excluding tert-OH is 1. The van der Waals surface area contributed by atoms with Crippen LogP contribution in [-0.4, -0.2) is 127 Å². The monoisotopic (exact) mass is 664 g/mol. The number of rotatable bonds is 10. The van der Waals surface area contributed by atoms with Crippen LogP contribution in [-0.2, 0) is 33.4 Å². The Labute approximate surface area is 282 Å². The normalized spacial score (nSPS) is 32.0. The van der Waals surface area contributed by atoms with Crippen molar-refractivity contribution in [3.8, 4) is 0 Å². The molecule has 12 nitrogen and oxygen atoms in total. The largest absolute Gasteiger partial charge is 0.463 e. The fourth-order valence-electron chi connectivity index (χ4n) is 7.73. The first kappa shape index (κ1) is 34.3. The van der Waals surface area contributed by atoms with Crippen LogP contribution >= 0.6 is 0 Å². The van der Waals surface area contributed by atoms with E-state index < -0.39 is 35.6 Å². The number of hydrogen-bond donors (Lipinski definition) is 2. The summed E-state index contributed by atoms with van der Waals surface area (Å²) >= 11 is 0. The second-order valence-electron chi connectivity index (χ2n) is 13.3. The lowest BCUT2D eigenvalue weighted by molar-refractivity contribution is -0.148. The number of esters is 1. The molecule has 5 aliphatic heterocycles. The Balaban J connectivity index is 1.33. The summed E-state index contributed by atoms with van der Waals surface area (Å²) in [6.07, 6.45) is 10.4. The fraction of sp³-hybridized carbons (Fsp3) is 0.611. The topological polar surface area (TPSA) is 138 Å². The molecule has 5 heterocycles. The number of nitrogens with one attached hydrogen (secondary N) is 1. The molecule has 3 amide bonds. The third kappa shape index (κ3) is 7.22. The highest BCUT2D eigenvalue weighted by Gasteiger charge is 2.73. The van der Waals surface area contributed by atoms with Crippen LogP contribution in [0.4, 0.5) is 0 Å². The first-order valence-corrected chi connectivity index (χ1v) is 17.5. The van der Waals surface area contributed by atoms with Gasteiger partial charge in [0, 0.05) is 52.3 Å². The van der Waals surface area contributed by atoms with Crippen molar-refractivity contribution >= 4 is 23.7 Å². The van der Waals surface area contributed by atoms with E-state index >= 15 is 0 Å². The number of aliphatic hydroxyl groups is 1. The maximum absolute atomic E-state index is 14.8. The van der Waals surface area contributed by atoms with Crippen LogP contribution in [0, 0.1) is 11.8 Å². The summed E-state index contributed by atoms with van der Waals surface area (Å²) in [5.41, 5.74) is -0.493. The van der Waals surface area contributed by atoms with Gasteiger partial charge in [-0.05, 0) is 24.8 Å². The lowest BCUT2D eigenvalue weighted by Crippen LogP contribution is -2.57. The van der Waals surface area contributed by atoms with Crippen molar-refractivity contribution in [1.82, 2.24) is 20.0 Å². The van der Waals surface area contributed by atoms with Gasteiger partial charge in [-0.25, -0.2) is 0 Å². The minimum Gasteiger partial charge on any atom is -0.463 e. The van der Waals surface area contributed by atoms with Crippen LogP contribution in [0.1, 0.15) is 50.1 Å². The van der Waals surface area contributed by atoms with E-state index in [1.165, 1.54) is 0 Å². The van der Waals surface area contributed by atoms with E-state index in [-0.39, 0.29) is 43.3 Å². The van der Waals surface area contributed by atoms with Crippen LogP contribution < -0.4 is 5.32 Å². The van der Waals surface area contributed by atoms with Gasteiger partial charge in [0.2, 0.25) is 17.7 Å². The number of amides is 3. The zero-order valence-electron chi connectivity index (χ0n) is 27.5. The van der Waals surface area contributed by atoms with Crippen LogP contribution in [0.15, 0.2) is 54.6 Å². The second-order valence-corrected chi connectivity index (χ2v) is 13.3. The predicted octanol–water partition coefficient (Wildman–Crippen LogP) is 1.60. The van der Waals surface area contributed by atoms with Crippen LogP contribution in [0.25, 0.3) is 0 Å². The molecular formula is C36H48N4O8. The number of allylic oxidation sites excluding steroid dienone is 1. The lowest BCUT2D eigenvalue weighted by Gasteiger charge is -2.37. The first-order chi connectivity index (χ1) is 23.4. The van der Waals surface area contributed by atoms with E-state index in [1.807, 2.05) is 54.6 Å². The molecule has 0 radical (unpaired) electrons. The van der Waals surface area contributed by atoms with E-state index in [0.717, 1.165) is 31.5 Å². The number of ether oxygens (including phenoxy) is 3. The molecule has 3 saturated heterocycles. The molecule has 0 aliphatic carbocycles. The minimum absolute atomic E-state index is 0.0491. The van der Waals surface area contributed by atoms with Crippen LogP contribution in [0.2, 0.25) is 0 Å². The Hall–Kier alpha value is -3.58. The molecule has 3 fully saturated rings. The summed E-state index contributed by atoms with van der Waals surface area (Å²) in [7, 11) is 0. The summed E-state index contributed by atoms with van der Waals surface area (Å²) in [4.78, 5) is 61.8. The van der Waals surface area contributed by atoms with Crippen molar-refractivity contribution in [2.75, 3.05) is 65.7 Å². The number of morpholine rings is 1. The van der Waals surface area contributed by atoms with Crippen molar-refractivity contribution in [2.45, 2.75) is 62.3 Å². The summed E-state index contributed by atoms with van der Waals surface area (Å²) in [6, 6.07) is 7.77. The number of hydrogen-bond acceptors (Lipinski definition) is 9. The third-order valence-electron chi connectivity index (χ3n) is 10.3. The number of unbranched alkanes of at least 4 members (excludes halogenated alkanes) is 3.